The van der Waals surface area contributed by atoms with E-state index in [9.17, 15) is 0 Å². The standard InChI is InChI=1S/C40H74/c1-3-5-7-9-11-13-15-17-19-21-23-25-27-29-31-34-39-36-33-37-40(38-39)35-32-30-28-26-24-22-20-18-16-14-12-10-8-6-4-2/h33,36-38H,3-32,34-35H2,1-2H3. The molecule has 0 aliphatic rings. The molecule has 234 valence electrons. The smallest absolute Gasteiger partial charge is 0.0279 e. The summed E-state index contributed by atoms with van der Waals surface area (Å²) in [5.74, 6) is 0. The van der Waals surface area contributed by atoms with Crippen LogP contribution >= 0.6 is 0 Å². The Morgan fingerprint density at radius 1 is 0.300 bits per heavy atom. The molecule has 1 aromatic carbocycles. The van der Waals surface area contributed by atoms with Gasteiger partial charge in [-0.1, -0.05) is 218 Å². The molecule has 0 heterocycles. The van der Waals surface area contributed by atoms with E-state index in [4.69, 9.17) is 0 Å². The number of benzene rings is 1. The third-order valence-electron chi connectivity index (χ3n) is 9.13. The Morgan fingerprint density at radius 3 is 0.775 bits per heavy atom. The van der Waals surface area contributed by atoms with Gasteiger partial charge in [0, 0.05) is 0 Å². The molecule has 0 atom stereocenters. The minimum Gasteiger partial charge on any atom is -0.0654 e. The van der Waals surface area contributed by atoms with Crippen LogP contribution in [0.5, 0.6) is 0 Å². The summed E-state index contributed by atoms with van der Waals surface area (Å²) in [7, 11) is 0. The molecule has 0 unspecified atom stereocenters. The van der Waals surface area contributed by atoms with Gasteiger partial charge in [0.1, 0.15) is 0 Å². The zero-order valence-corrected chi connectivity index (χ0v) is 27.9. The summed E-state index contributed by atoms with van der Waals surface area (Å²) in [5, 5.41) is 0. The molecule has 0 radical (unpaired) electrons. The van der Waals surface area contributed by atoms with Crippen molar-refractivity contribution < 1.29 is 0 Å². The van der Waals surface area contributed by atoms with Crippen molar-refractivity contribution in [3.8, 4) is 0 Å². The molecule has 0 saturated heterocycles. The maximum atomic E-state index is 2.51. The summed E-state index contributed by atoms with van der Waals surface area (Å²) >= 11 is 0. The highest BCUT2D eigenvalue weighted by molar-refractivity contribution is 5.23. The van der Waals surface area contributed by atoms with Crippen LogP contribution in [0.3, 0.4) is 0 Å². The summed E-state index contributed by atoms with van der Waals surface area (Å²) in [6.45, 7) is 4.61. The Labute approximate surface area is 254 Å². The molecule has 0 N–H and O–H groups in total. The maximum absolute atomic E-state index is 2.51. The van der Waals surface area contributed by atoms with Crippen molar-refractivity contribution in [3.05, 3.63) is 35.4 Å². The highest BCUT2D eigenvalue weighted by atomic mass is 14.1. The average molecular weight is 555 g/mol. The van der Waals surface area contributed by atoms with E-state index in [1.54, 1.807) is 11.1 Å². The molecular weight excluding hydrogens is 480 g/mol. The molecular formula is C40H74. The third-order valence-corrected chi connectivity index (χ3v) is 9.13. The van der Waals surface area contributed by atoms with E-state index < -0.39 is 0 Å². The lowest BCUT2D eigenvalue weighted by Gasteiger charge is -2.07. The van der Waals surface area contributed by atoms with Crippen molar-refractivity contribution in [2.24, 2.45) is 0 Å². The first-order valence-electron chi connectivity index (χ1n) is 18.9. The first-order chi connectivity index (χ1) is 19.9. The minimum absolute atomic E-state index is 1.28. The van der Waals surface area contributed by atoms with Gasteiger partial charge >= 0.3 is 0 Å². The van der Waals surface area contributed by atoms with Gasteiger partial charge in [0.15, 0.2) is 0 Å². The molecule has 0 amide bonds. The molecule has 0 fully saturated rings. The molecule has 0 nitrogen and oxygen atoms in total. The van der Waals surface area contributed by atoms with Crippen molar-refractivity contribution >= 4 is 0 Å². The lowest BCUT2D eigenvalue weighted by Crippen LogP contribution is -1.91. The summed E-state index contributed by atoms with van der Waals surface area (Å²) in [6.07, 6.45) is 46.0. The molecule has 40 heavy (non-hydrogen) atoms. The minimum atomic E-state index is 1.28. The van der Waals surface area contributed by atoms with E-state index in [2.05, 4.69) is 38.1 Å². The first-order valence-corrected chi connectivity index (χ1v) is 18.9. The fourth-order valence-corrected chi connectivity index (χ4v) is 6.34. The van der Waals surface area contributed by atoms with Crippen LogP contribution in [0.25, 0.3) is 0 Å². The summed E-state index contributed by atoms with van der Waals surface area (Å²) < 4.78 is 0. The predicted octanol–water partition coefficient (Wildman–Crippen LogP) is 14.5. The van der Waals surface area contributed by atoms with E-state index >= 15 is 0 Å². The van der Waals surface area contributed by atoms with E-state index in [1.165, 1.54) is 205 Å². The van der Waals surface area contributed by atoms with Gasteiger partial charge in [0.25, 0.3) is 0 Å². The van der Waals surface area contributed by atoms with Crippen LogP contribution in [0.15, 0.2) is 24.3 Å². The Kier molecular flexibility index (Phi) is 29.0. The lowest BCUT2D eigenvalue weighted by atomic mass is 9.99. The van der Waals surface area contributed by atoms with Crippen LogP contribution in [0.1, 0.15) is 218 Å². The number of rotatable bonds is 32. The fraction of sp³-hybridized carbons (Fsp3) is 0.850. The van der Waals surface area contributed by atoms with E-state index in [0.717, 1.165) is 0 Å². The Bertz CT molecular complexity index is 553. The SMILES string of the molecule is CCCCCCCCCCCCCCCCCc1cccc(CCCCCCCCCCCCCCCCC)c1. The Hall–Kier alpha value is -0.780. The molecule has 0 aliphatic heterocycles. The highest BCUT2D eigenvalue weighted by Crippen LogP contribution is 2.17. The molecule has 0 aliphatic carbocycles. The van der Waals surface area contributed by atoms with Gasteiger partial charge in [-0.25, -0.2) is 0 Å². The second kappa shape index (κ2) is 31.2. The normalized spacial score (nSPS) is 11.4. The van der Waals surface area contributed by atoms with Crippen LogP contribution in [0.2, 0.25) is 0 Å². The van der Waals surface area contributed by atoms with Gasteiger partial charge in [-0.15, -0.1) is 0 Å². The fourth-order valence-electron chi connectivity index (χ4n) is 6.34. The van der Waals surface area contributed by atoms with Gasteiger partial charge in [0.05, 0.1) is 0 Å². The van der Waals surface area contributed by atoms with Crippen molar-refractivity contribution in [2.45, 2.75) is 219 Å². The average Bonchev–Trinajstić information content (AvgIpc) is 2.97. The zero-order valence-electron chi connectivity index (χ0n) is 27.9. The largest absolute Gasteiger partial charge is 0.0654 e. The Morgan fingerprint density at radius 2 is 0.525 bits per heavy atom. The molecule has 0 bridgehead atoms. The van der Waals surface area contributed by atoms with E-state index in [-0.39, 0.29) is 0 Å². The Balaban J connectivity index is 1.86. The van der Waals surface area contributed by atoms with Crippen LogP contribution in [0.4, 0.5) is 0 Å². The van der Waals surface area contributed by atoms with Gasteiger partial charge in [-0.2, -0.15) is 0 Å². The second-order valence-corrected chi connectivity index (χ2v) is 13.2. The van der Waals surface area contributed by atoms with E-state index in [1.807, 2.05) is 0 Å². The number of hydrogen-bond donors (Lipinski definition) is 0. The monoisotopic (exact) mass is 555 g/mol. The van der Waals surface area contributed by atoms with Crippen molar-refractivity contribution in [1.29, 1.82) is 0 Å². The second-order valence-electron chi connectivity index (χ2n) is 13.2. The number of aryl methyl sites for hydroxylation is 2. The number of hydrogen-bond acceptors (Lipinski definition) is 0. The predicted molar refractivity (Wildman–Crippen MR) is 184 cm³/mol. The molecule has 0 spiro atoms. The van der Waals surface area contributed by atoms with Crippen LogP contribution in [-0.2, 0) is 12.8 Å². The molecule has 1 aromatic rings. The van der Waals surface area contributed by atoms with E-state index in [0.29, 0.717) is 0 Å². The summed E-state index contributed by atoms with van der Waals surface area (Å²) in [4.78, 5) is 0. The third kappa shape index (κ3) is 26.1. The topological polar surface area (TPSA) is 0 Å². The molecule has 0 heteroatoms. The van der Waals surface area contributed by atoms with Gasteiger partial charge in [-0.3, -0.25) is 0 Å². The zero-order chi connectivity index (χ0) is 28.6. The van der Waals surface area contributed by atoms with Crippen molar-refractivity contribution in [2.75, 3.05) is 0 Å². The highest BCUT2D eigenvalue weighted by Gasteiger charge is 2.00. The molecule has 0 aromatic heterocycles. The van der Waals surface area contributed by atoms with Crippen LogP contribution < -0.4 is 0 Å². The summed E-state index contributed by atoms with van der Waals surface area (Å²) in [6, 6.07) is 9.54. The number of unbranched alkanes of at least 4 members (excludes halogenated alkanes) is 28. The lowest BCUT2D eigenvalue weighted by molar-refractivity contribution is 0.532. The van der Waals surface area contributed by atoms with Crippen molar-refractivity contribution in [3.63, 3.8) is 0 Å². The molecule has 0 saturated carbocycles. The molecule has 1 rings (SSSR count). The maximum Gasteiger partial charge on any atom is -0.0279 e. The van der Waals surface area contributed by atoms with Gasteiger partial charge < -0.3 is 0 Å². The van der Waals surface area contributed by atoms with Crippen LogP contribution in [0, 0.1) is 0 Å². The van der Waals surface area contributed by atoms with Crippen LogP contribution in [-0.4, -0.2) is 0 Å². The van der Waals surface area contributed by atoms with Crippen molar-refractivity contribution in [1.82, 2.24) is 0 Å². The quantitative estimate of drug-likeness (QED) is 0.0777. The van der Waals surface area contributed by atoms with Gasteiger partial charge in [-0.05, 0) is 36.8 Å². The first kappa shape index (κ1) is 37.2. The van der Waals surface area contributed by atoms with Gasteiger partial charge in [0.2, 0.25) is 0 Å². The summed E-state index contributed by atoms with van der Waals surface area (Å²) in [5.41, 5.74) is 3.15.